The van der Waals surface area contributed by atoms with Crippen molar-refractivity contribution in [3.8, 4) is 11.3 Å². The van der Waals surface area contributed by atoms with Crippen LogP contribution in [0.5, 0.6) is 0 Å². The van der Waals surface area contributed by atoms with Gasteiger partial charge < -0.3 is 20.2 Å². The Bertz CT molecular complexity index is 789. The fourth-order valence-electron chi connectivity index (χ4n) is 2.53. The highest BCUT2D eigenvalue weighted by molar-refractivity contribution is 5.94. The molecule has 0 aliphatic carbocycles. The normalized spacial score (nSPS) is 17.2. The number of methoxy groups -OCH3 is 1. The van der Waals surface area contributed by atoms with E-state index in [4.69, 9.17) is 10.5 Å². The van der Waals surface area contributed by atoms with Crippen LogP contribution >= 0.6 is 0 Å². The number of ether oxygens (including phenoxy) is 2. The molecule has 1 aliphatic rings. The molecule has 0 saturated heterocycles. The number of hydrogen-bond acceptors (Lipinski definition) is 6. The smallest absolute Gasteiger partial charge is 0.411 e. The number of carbonyl (C=O) groups is 2. The van der Waals surface area contributed by atoms with Crippen LogP contribution in [-0.2, 0) is 9.47 Å². The molecule has 9 heteroatoms. The van der Waals surface area contributed by atoms with E-state index >= 15 is 0 Å². The molecule has 0 radical (unpaired) electrons. The number of imidazole rings is 1. The summed E-state index contributed by atoms with van der Waals surface area (Å²) in [5, 5.41) is 5.23. The third kappa shape index (κ3) is 3.89. The van der Waals surface area contributed by atoms with Crippen molar-refractivity contribution in [3.63, 3.8) is 0 Å². The topological polar surface area (TPSA) is 131 Å². The Balaban J connectivity index is 2.00. The maximum absolute atomic E-state index is 12.0. The molecule has 132 valence electrons. The summed E-state index contributed by atoms with van der Waals surface area (Å²) in [4.78, 5) is 31.0. The van der Waals surface area contributed by atoms with Crippen molar-refractivity contribution in [1.29, 1.82) is 0 Å². The Morgan fingerprint density at radius 2 is 2.32 bits per heavy atom. The van der Waals surface area contributed by atoms with Gasteiger partial charge in [-0.15, -0.1) is 0 Å². The van der Waals surface area contributed by atoms with Crippen LogP contribution < -0.4 is 16.4 Å². The summed E-state index contributed by atoms with van der Waals surface area (Å²) < 4.78 is 9.73. The molecule has 2 bridgehead atoms. The molecule has 25 heavy (non-hydrogen) atoms. The minimum atomic E-state index is -0.608. The van der Waals surface area contributed by atoms with E-state index in [2.05, 4.69) is 25.3 Å². The lowest BCUT2D eigenvalue weighted by atomic mass is 10.1. The molecule has 0 fully saturated rings. The molecule has 1 aromatic heterocycles. The monoisotopic (exact) mass is 345 g/mol. The number of anilines is 2. The van der Waals surface area contributed by atoms with Gasteiger partial charge in [0.15, 0.2) is 0 Å². The molecule has 9 nitrogen and oxygen atoms in total. The minimum Gasteiger partial charge on any atom is -0.453 e. The Hall–Kier alpha value is -3.07. The fourth-order valence-corrected chi connectivity index (χ4v) is 2.53. The predicted molar refractivity (Wildman–Crippen MR) is 91.2 cm³/mol. The summed E-state index contributed by atoms with van der Waals surface area (Å²) >= 11 is 0. The molecular formula is C16H19N5O4. The molecule has 1 atom stereocenters. The first-order valence-corrected chi connectivity index (χ1v) is 7.81. The van der Waals surface area contributed by atoms with E-state index in [1.807, 2.05) is 0 Å². The fraction of sp³-hybridized carbons (Fsp3) is 0.312. The van der Waals surface area contributed by atoms with Crippen LogP contribution in [-0.4, -0.2) is 35.9 Å². The summed E-state index contributed by atoms with van der Waals surface area (Å²) in [6, 6.07) is 4.76. The number of amides is 2. The van der Waals surface area contributed by atoms with Gasteiger partial charge in [-0.25, -0.2) is 14.6 Å². The van der Waals surface area contributed by atoms with Crippen molar-refractivity contribution in [2.45, 2.75) is 18.9 Å². The number of hydrogen-bond donors (Lipinski definition) is 4. The SMILES string of the molecule is COC(=O)Nc1ccc2c(c1)NC(=O)OCCC[C@H](N)c1nc-2c[nH]1. The van der Waals surface area contributed by atoms with Crippen molar-refractivity contribution >= 4 is 23.6 Å². The number of fused-ring (bicyclic) bond motifs is 4. The highest BCUT2D eigenvalue weighted by atomic mass is 16.5. The lowest BCUT2D eigenvalue weighted by molar-refractivity contribution is 0.158. The molecule has 2 amide bonds. The van der Waals surface area contributed by atoms with E-state index in [0.717, 1.165) is 0 Å². The van der Waals surface area contributed by atoms with Gasteiger partial charge in [0.05, 0.1) is 31.1 Å². The van der Waals surface area contributed by atoms with E-state index in [1.165, 1.54) is 7.11 Å². The summed E-state index contributed by atoms with van der Waals surface area (Å²) in [5.74, 6) is 0.671. The second-order valence-corrected chi connectivity index (χ2v) is 5.56. The van der Waals surface area contributed by atoms with Gasteiger partial charge in [0.25, 0.3) is 0 Å². The van der Waals surface area contributed by atoms with Gasteiger partial charge in [-0.2, -0.15) is 0 Å². The number of aromatic nitrogens is 2. The van der Waals surface area contributed by atoms with Crippen LogP contribution in [0.15, 0.2) is 24.4 Å². The Kier molecular flexibility index (Phi) is 4.85. The second-order valence-electron chi connectivity index (χ2n) is 5.56. The van der Waals surface area contributed by atoms with Crippen molar-refractivity contribution < 1.29 is 19.1 Å². The van der Waals surface area contributed by atoms with Gasteiger partial charge in [-0.05, 0) is 31.0 Å². The molecule has 0 spiro atoms. The van der Waals surface area contributed by atoms with E-state index in [0.29, 0.717) is 41.3 Å². The molecule has 1 aliphatic heterocycles. The molecule has 5 N–H and O–H groups in total. The van der Waals surface area contributed by atoms with Crippen LogP contribution in [0.4, 0.5) is 21.0 Å². The number of nitrogens with one attached hydrogen (secondary N) is 3. The molecule has 0 unspecified atom stereocenters. The zero-order valence-electron chi connectivity index (χ0n) is 13.7. The summed E-state index contributed by atoms with van der Waals surface area (Å²) in [6.07, 6.45) is 1.81. The van der Waals surface area contributed by atoms with Gasteiger partial charge in [0.1, 0.15) is 5.82 Å². The quantitative estimate of drug-likeness (QED) is 0.628. The van der Waals surface area contributed by atoms with Crippen molar-refractivity contribution in [1.82, 2.24) is 9.97 Å². The van der Waals surface area contributed by atoms with E-state index in [-0.39, 0.29) is 12.6 Å². The molecule has 1 aromatic carbocycles. The number of aromatic amines is 1. The number of cyclic esters (lactones) is 1. The molecular weight excluding hydrogens is 326 g/mol. The van der Waals surface area contributed by atoms with E-state index < -0.39 is 12.2 Å². The predicted octanol–water partition coefficient (Wildman–Crippen LogP) is 2.60. The zero-order valence-corrected chi connectivity index (χ0v) is 13.7. The van der Waals surface area contributed by atoms with Gasteiger partial charge in [-0.3, -0.25) is 10.6 Å². The molecule has 3 rings (SSSR count). The van der Waals surface area contributed by atoms with Gasteiger partial charge in [0.2, 0.25) is 0 Å². The first-order chi connectivity index (χ1) is 12.1. The average molecular weight is 345 g/mol. The number of rotatable bonds is 1. The average Bonchev–Trinajstić information content (AvgIpc) is 3.08. The Labute approximate surface area is 143 Å². The van der Waals surface area contributed by atoms with E-state index in [9.17, 15) is 9.59 Å². The summed E-state index contributed by atoms with van der Waals surface area (Å²) in [6.45, 7) is 0.253. The van der Waals surface area contributed by atoms with Crippen LogP contribution in [0, 0.1) is 0 Å². The Morgan fingerprint density at radius 3 is 3.12 bits per heavy atom. The minimum absolute atomic E-state index is 0.253. The summed E-state index contributed by atoms with van der Waals surface area (Å²) in [7, 11) is 1.27. The van der Waals surface area contributed by atoms with Crippen molar-refractivity contribution in [2.24, 2.45) is 5.73 Å². The van der Waals surface area contributed by atoms with Crippen LogP contribution in [0.25, 0.3) is 11.3 Å². The van der Waals surface area contributed by atoms with Gasteiger partial charge >= 0.3 is 12.2 Å². The zero-order chi connectivity index (χ0) is 17.8. The number of nitrogens with two attached hydrogens (primary N) is 1. The lowest BCUT2D eigenvalue weighted by Gasteiger charge is -2.14. The first kappa shape index (κ1) is 16.8. The number of H-pyrrole nitrogens is 1. The third-order valence-corrected chi connectivity index (χ3v) is 3.81. The maximum Gasteiger partial charge on any atom is 0.411 e. The van der Waals surface area contributed by atoms with E-state index in [1.54, 1.807) is 24.4 Å². The first-order valence-electron chi connectivity index (χ1n) is 7.81. The molecule has 2 aromatic rings. The largest absolute Gasteiger partial charge is 0.453 e. The summed E-state index contributed by atoms with van der Waals surface area (Å²) in [5.41, 5.74) is 8.31. The Morgan fingerprint density at radius 1 is 1.48 bits per heavy atom. The van der Waals surface area contributed by atoms with Gasteiger partial charge in [0, 0.05) is 17.4 Å². The number of benzene rings is 1. The second kappa shape index (κ2) is 7.22. The lowest BCUT2D eigenvalue weighted by Crippen LogP contribution is -2.18. The standard InChI is InChI=1S/C16H19N5O4/c1-24-15(22)19-9-4-5-10-12(7-9)21-16(23)25-6-2-3-11(17)14-18-8-13(10)20-14/h4-5,7-8,11H,2-3,6,17H2,1H3,(H,18,20)(H,19,22)(H,21,23)/t11-/m0/s1. The highest BCUT2D eigenvalue weighted by Gasteiger charge is 2.17. The third-order valence-electron chi connectivity index (χ3n) is 3.81. The highest BCUT2D eigenvalue weighted by Crippen LogP contribution is 2.31. The van der Waals surface area contributed by atoms with Crippen LogP contribution in [0.1, 0.15) is 24.7 Å². The maximum atomic E-state index is 12.0. The van der Waals surface area contributed by atoms with Crippen molar-refractivity contribution in [2.75, 3.05) is 24.4 Å². The molecule has 0 saturated carbocycles. The van der Waals surface area contributed by atoms with Gasteiger partial charge in [-0.1, -0.05) is 0 Å². The van der Waals surface area contributed by atoms with Crippen LogP contribution in [0.2, 0.25) is 0 Å². The number of nitrogens with zero attached hydrogens (tertiary/aromatic N) is 1. The number of carbonyl (C=O) groups excluding carboxylic acids is 2. The van der Waals surface area contributed by atoms with Crippen LogP contribution in [0.3, 0.4) is 0 Å². The molecule has 2 heterocycles. The van der Waals surface area contributed by atoms with Crippen molar-refractivity contribution in [3.05, 3.63) is 30.2 Å².